The van der Waals surface area contributed by atoms with Crippen LogP contribution in [0.1, 0.15) is 28.8 Å². The lowest BCUT2D eigenvalue weighted by Gasteiger charge is -2.38. The molecule has 9 heteroatoms. The average molecular weight is 511 g/mol. The van der Waals surface area contributed by atoms with Crippen LogP contribution in [-0.4, -0.2) is 68.4 Å². The number of sulfonamides is 1. The summed E-state index contributed by atoms with van der Waals surface area (Å²) in [5.41, 5.74) is 1.08. The van der Waals surface area contributed by atoms with E-state index in [0.717, 1.165) is 5.56 Å². The minimum absolute atomic E-state index is 0.117. The molecule has 2 unspecified atom stereocenters. The van der Waals surface area contributed by atoms with Crippen LogP contribution in [0.15, 0.2) is 77.7 Å². The van der Waals surface area contributed by atoms with Gasteiger partial charge in [-0.1, -0.05) is 42.5 Å². The number of fused-ring (bicyclic) bond motifs is 1. The molecule has 2 atom stereocenters. The zero-order valence-corrected chi connectivity index (χ0v) is 20.7. The normalized spacial score (nSPS) is 23.5. The van der Waals surface area contributed by atoms with Crippen LogP contribution in [0.5, 0.6) is 0 Å². The van der Waals surface area contributed by atoms with Gasteiger partial charge in [0, 0.05) is 30.8 Å². The summed E-state index contributed by atoms with van der Waals surface area (Å²) < 4.78 is 39.9. The maximum absolute atomic E-state index is 13.0. The van der Waals surface area contributed by atoms with E-state index in [9.17, 15) is 18.3 Å². The number of aliphatic hydroxyl groups is 1. The Labute approximate surface area is 211 Å². The molecule has 2 fully saturated rings. The van der Waals surface area contributed by atoms with Crippen molar-refractivity contribution >= 4 is 21.6 Å². The Morgan fingerprint density at radius 3 is 2.44 bits per heavy atom. The number of likely N-dealkylation sites (tertiary alicyclic amines) is 1. The number of carbonyl (C=O) groups is 1. The van der Waals surface area contributed by atoms with Crippen molar-refractivity contribution in [3.63, 3.8) is 0 Å². The molecule has 0 radical (unpaired) electrons. The van der Waals surface area contributed by atoms with Gasteiger partial charge in [0.15, 0.2) is 0 Å². The number of allylic oxidation sites excluding steroid dienone is 2. The van der Waals surface area contributed by atoms with Gasteiger partial charge >= 0.3 is 0 Å². The standard InChI is InChI=1S/C27H30N2O6S/c30-26(29-15-13-27(31,14-16-29)19-20-5-2-1-3-6-20)21-9-11-22(12-10-21)28-36(32,33)24-8-4-7-23-25(24)35-18-17-34-23/h1-12,23,25,28,31H,13-19H2. The highest BCUT2D eigenvalue weighted by molar-refractivity contribution is 7.96. The fourth-order valence-electron chi connectivity index (χ4n) is 4.90. The topological polar surface area (TPSA) is 105 Å². The van der Waals surface area contributed by atoms with Crippen molar-refractivity contribution in [1.29, 1.82) is 0 Å². The summed E-state index contributed by atoms with van der Waals surface area (Å²) in [4.78, 5) is 14.9. The highest BCUT2D eigenvalue weighted by atomic mass is 32.2. The number of nitrogens with zero attached hydrogens (tertiary/aromatic N) is 1. The van der Waals surface area contributed by atoms with E-state index >= 15 is 0 Å². The molecule has 0 bridgehead atoms. The Morgan fingerprint density at radius 1 is 1.03 bits per heavy atom. The fraction of sp³-hybridized carbons (Fsp3) is 0.370. The van der Waals surface area contributed by atoms with Crippen molar-refractivity contribution in [2.24, 2.45) is 0 Å². The molecule has 3 aliphatic rings. The van der Waals surface area contributed by atoms with Crippen molar-refractivity contribution in [2.45, 2.75) is 37.1 Å². The van der Waals surface area contributed by atoms with Crippen molar-refractivity contribution < 1.29 is 27.8 Å². The van der Waals surface area contributed by atoms with Crippen LogP contribution < -0.4 is 4.72 Å². The van der Waals surface area contributed by atoms with Crippen molar-refractivity contribution in [2.75, 3.05) is 31.0 Å². The summed E-state index contributed by atoms with van der Waals surface area (Å²) >= 11 is 0. The molecule has 0 saturated carbocycles. The smallest absolute Gasteiger partial charge is 0.260 e. The summed E-state index contributed by atoms with van der Waals surface area (Å²) in [6.07, 6.45) is 5.43. The molecule has 2 saturated heterocycles. The maximum Gasteiger partial charge on any atom is 0.260 e. The Kier molecular flexibility index (Phi) is 6.98. The lowest BCUT2D eigenvalue weighted by atomic mass is 9.85. The molecule has 1 aliphatic carbocycles. The minimum Gasteiger partial charge on any atom is -0.389 e. The molecular weight excluding hydrogens is 480 g/mol. The van der Waals surface area contributed by atoms with Crippen LogP contribution >= 0.6 is 0 Å². The lowest BCUT2D eigenvalue weighted by molar-refractivity contribution is -0.103. The molecule has 2 aromatic rings. The van der Waals surface area contributed by atoms with Gasteiger partial charge in [0.05, 0.1) is 23.7 Å². The maximum atomic E-state index is 13.0. The van der Waals surface area contributed by atoms with Crippen LogP contribution in [-0.2, 0) is 25.9 Å². The number of anilines is 1. The van der Waals surface area contributed by atoms with Gasteiger partial charge in [-0.2, -0.15) is 0 Å². The second kappa shape index (κ2) is 10.2. The molecule has 5 rings (SSSR count). The van der Waals surface area contributed by atoms with Crippen LogP contribution in [0, 0.1) is 0 Å². The second-order valence-electron chi connectivity index (χ2n) is 9.44. The molecule has 0 spiro atoms. The SMILES string of the molecule is O=C(c1ccc(NS(=O)(=O)C2=CC=CC3OCCOC23)cc1)N1CCC(O)(Cc2ccccc2)CC1. The van der Waals surface area contributed by atoms with Gasteiger partial charge < -0.3 is 19.5 Å². The first kappa shape index (κ1) is 24.7. The second-order valence-corrected chi connectivity index (χ2v) is 11.1. The van der Waals surface area contributed by atoms with Crippen LogP contribution in [0.3, 0.4) is 0 Å². The predicted molar refractivity (Wildman–Crippen MR) is 136 cm³/mol. The van der Waals surface area contributed by atoms with Crippen LogP contribution in [0.4, 0.5) is 5.69 Å². The third kappa shape index (κ3) is 5.39. The van der Waals surface area contributed by atoms with Gasteiger partial charge in [0.2, 0.25) is 0 Å². The molecule has 2 N–H and O–H groups in total. The van der Waals surface area contributed by atoms with Crippen LogP contribution in [0.25, 0.3) is 0 Å². The van der Waals surface area contributed by atoms with E-state index in [-0.39, 0.29) is 10.8 Å². The van der Waals surface area contributed by atoms with E-state index in [4.69, 9.17) is 9.47 Å². The van der Waals surface area contributed by atoms with E-state index < -0.39 is 27.8 Å². The average Bonchev–Trinajstić information content (AvgIpc) is 2.89. The molecule has 1 amide bonds. The molecule has 36 heavy (non-hydrogen) atoms. The molecule has 2 heterocycles. The van der Waals surface area contributed by atoms with E-state index in [1.165, 1.54) is 6.08 Å². The van der Waals surface area contributed by atoms with Gasteiger partial charge in [0.25, 0.3) is 15.9 Å². The molecule has 8 nitrogen and oxygen atoms in total. The van der Waals surface area contributed by atoms with E-state index in [2.05, 4.69) is 4.72 Å². The fourth-order valence-corrected chi connectivity index (χ4v) is 6.23. The number of rotatable bonds is 6. The summed E-state index contributed by atoms with van der Waals surface area (Å²) in [5.74, 6) is -0.137. The van der Waals surface area contributed by atoms with Gasteiger partial charge in [-0.3, -0.25) is 9.52 Å². The lowest BCUT2D eigenvalue weighted by Crippen LogP contribution is -2.47. The molecule has 0 aromatic heterocycles. The highest BCUT2D eigenvalue weighted by Gasteiger charge is 2.37. The number of ether oxygens (including phenoxy) is 2. The molecular formula is C27H30N2O6S. The molecule has 2 aliphatic heterocycles. The number of hydrogen-bond acceptors (Lipinski definition) is 6. The zero-order chi connectivity index (χ0) is 25.2. The summed E-state index contributed by atoms with van der Waals surface area (Å²) in [6, 6.07) is 16.3. The van der Waals surface area contributed by atoms with Crippen molar-refractivity contribution in [3.05, 3.63) is 88.9 Å². The van der Waals surface area contributed by atoms with Gasteiger partial charge in [-0.05, 0) is 48.7 Å². The number of amides is 1. The predicted octanol–water partition coefficient (Wildman–Crippen LogP) is 2.88. The van der Waals surface area contributed by atoms with Crippen molar-refractivity contribution in [1.82, 2.24) is 4.90 Å². The summed E-state index contributed by atoms with van der Waals surface area (Å²) in [7, 11) is -3.87. The first-order chi connectivity index (χ1) is 17.3. The number of carbonyl (C=O) groups excluding carboxylic acids is 1. The van der Waals surface area contributed by atoms with E-state index in [1.807, 2.05) is 30.3 Å². The van der Waals surface area contributed by atoms with Gasteiger partial charge in [0.1, 0.15) is 12.2 Å². The Bertz CT molecular complexity index is 1250. The molecule has 190 valence electrons. The zero-order valence-electron chi connectivity index (χ0n) is 19.9. The minimum atomic E-state index is -3.87. The first-order valence-electron chi connectivity index (χ1n) is 12.1. The number of benzene rings is 2. The third-order valence-electron chi connectivity index (χ3n) is 6.88. The van der Waals surface area contributed by atoms with E-state index in [1.54, 1.807) is 41.3 Å². The van der Waals surface area contributed by atoms with Gasteiger partial charge in [-0.25, -0.2) is 8.42 Å². The number of nitrogens with one attached hydrogen (secondary N) is 1. The molecule has 2 aromatic carbocycles. The third-order valence-corrected chi connectivity index (χ3v) is 8.38. The number of piperidine rings is 1. The Morgan fingerprint density at radius 2 is 1.72 bits per heavy atom. The van der Waals surface area contributed by atoms with Crippen molar-refractivity contribution in [3.8, 4) is 0 Å². The van der Waals surface area contributed by atoms with E-state index in [0.29, 0.717) is 56.8 Å². The highest BCUT2D eigenvalue weighted by Crippen LogP contribution is 2.29. The quantitative estimate of drug-likeness (QED) is 0.619. The number of hydrogen-bond donors (Lipinski definition) is 2. The monoisotopic (exact) mass is 510 g/mol. The Balaban J connectivity index is 1.20. The van der Waals surface area contributed by atoms with Crippen LogP contribution in [0.2, 0.25) is 0 Å². The first-order valence-corrected chi connectivity index (χ1v) is 13.6. The largest absolute Gasteiger partial charge is 0.389 e. The summed E-state index contributed by atoms with van der Waals surface area (Å²) in [5, 5.41) is 11.0. The Hall–Kier alpha value is -2.98. The summed E-state index contributed by atoms with van der Waals surface area (Å²) in [6.45, 7) is 1.68. The van der Waals surface area contributed by atoms with Gasteiger partial charge in [-0.15, -0.1) is 0 Å².